The van der Waals surface area contributed by atoms with Gasteiger partial charge in [-0.15, -0.1) is 6.58 Å². The lowest BCUT2D eigenvalue weighted by molar-refractivity contribution is 0.160. The fourth-order valence-corrected chi connectivity index (χ4v) is 3.73. The molecule has 1 saturated heterocycles. The molecule has 0 spiro atoms. The van der Waals surface area contributed by atoms with Crippen LogP contribution in [-0.4, -0.2) is 42.1 Å². The quantitative estimate of drug-likeness (QED) is 0.635. The first-order valence-electron chi connectivity index (χ1n) is 7.03. The molecule has 1 heterocycles. The van der Waals surface area contributed by atoms with Gasteiger partial charge < -0.3 is 5.32 Å². The highest BCUT2D eigenvalue weighted by molar-refractivity contribution is 7.99. The highest BCUT2D eigenvalue weighted by Crippen LogP contribution is 2.30. The monoisotopic (exact) mass is 276 g/mol. The molecule has 0 aromatic heterocycles. The van der Waals surface area contributed by atoms with E-state index in [0.717, 1.165) is 13.1 Å². The Bertz CT molecular complexity index is 380. The van der Waals surface area contributed by atoms with Gasteiger partial charge in [-0.25, -0.2) is 0 Å². The Kier molecular flexibility index (Phi) is 5.95. The van der Waals surface area contributed by atoms with E-state index in [1.54, 1.807) is 0 Å². The zero-order chi connectivity index (χ0) is 13.5. The summed E-state index contributed by atoms with van der Waals surface area (Å²) >= 11 is 2.07. The van der Waals surface area contributed by atoms with Gasteiger partial charge in [0.25, 0.3) is 0 Å². The third-order valence-corrected chi connectivity index (χ3v) is 4.67. The van der Waals surface area contributed by atoms with Crippen molar-refractivity contribution in [3.05, 3.63) is 48.6 Å². The number of benzene rings is 1. The van der Waals surface area contributed by atoms with E-state index in [4.69, 9.17) is 0 Å². The zero-order valence-electron chi connectivity index (χ0n) is 11.7. The molecule has 104 valence electrons. The van der Waals surface area contributed by atoms with Crippen molar-refractivity contribution in [3.8, 4) is 0 Å². The molecule has 2 atom stereocenters. The van der Waals surface area contributed by atoms with Crippen molar-refractivity contribution in [1.29, 1.82) is 0 Å². The van der Waals surface area contributed by atoms with Crippen LogP contribution in [0.15, 0.2) is 43.0 Å². The normalized spacial score (nSPS) is 22.1. The Morgan fingerprint density at radius 3 is 3.00 bits per heavy atom. The predicted molar refractivity (Wildman–Crippen MR) is 85.7 cm³/mol. The minimum absolute atomic E-state index is 0.556. The van der Waals surface area contributed by atoms with Gasteiger partial charge in [-0.05, 0) is 12.5 Å². The molecule has 2 rings (SSSR count). The molecule has 1 N–H and O–H groups in total. The van der Waals surface area contributed by atoms with Gasteiger partial charge in [0.1, 0.15) is 0 Å². The first-order valence-corrected chi connectivity index (χ1v) is 8.18. The van der Waals surface area contributed by atoms with Crippen LogP contribution < -0.4 is 5.32 Å². The number of hydrogen-bond acceptors (Lipinski definition) is 3. The maximum Gasteiger partial charge on any atom is 0.0442 e. The molecule has 0 amide bonds. The minimum atomic E-state index is 0.556. The standard InChI is InChI=1S/C16H24N2S/c1-3-9-17-12-14(2)18-10-11-19-13-16(18)15-7-5-4-6-8-15/h3-8,14,16-17H,1,9-13H2,2H3. The van der Waals surface area contributed by atoms with Crippen molar-refractivity contribution in [2.45, 2.75) is 19.0 Å². The van der Waals surface area contributed by atoms with Crippen LogP contribution in [0.2, 0.25) is 0 Å². The highest BCUT2D eigenvalue weighted by atomic mass is 32.2. The lowest BCUT2D eigenvalue weighted by Crippen LogP contribution is -2.46. The Hall–Kier alpha value is -0.770. The second kappa shape index (κ2) is 7.73. The van der Waals surface area contributed by atoms with Gasteiger partial charge in [0, 0.05) is 43.2 Å². The Balaban J connectivity index is 2.01. The van der Waals surface area contributed by atoms with E-state index in [-0.39, 0.29) is 0 Å². The van der Waals surface area contributed by atoms with Gasteiger partial charge >= 0.3 is 0 Å². The molecular formula is C16H24N2S. The minimum Gasteiger partial charge on any atom is -0.312 e. The molecule has 0 aliphatic carbocycles. The smallest absolute Gasteiger partial charge is 0.0442 e. The van der Waals surface area contributed by atoms with E-state index in [2.05, 4.69) is 65.8 Å². The van der Waals surface area contributed by atoms with Crippen LogP contribution in [0.25, 0.3) is 0 Å². The number of nitrogens with zero attached hydrogens (tertiary/aromatic N) is 1. The lowest BCUT2D eigenvalue weighted by atomic mass is 10.0. The van der Waals surface area contributed by atoms with E-state index < -0.39 is 0 Å². The molecule has 1 aromatic carbocycles. The van der Waals surface area contributed by atoms with Gasteiger partial charge in [0.15, 0.2) is 0 Å². The van der Waals surface area contributed by atoms with Crippen LogP contribution in [0, 0.1) is 0 Å². The van der Waals surface area contributed by atoms with Crippen molar-refractivity contribution >= 4 is 11.8 Å². The average Bonchev–Trinajstić information content (AvgIpc) is 2.48. The molecule has 1 aliphatic heterocycles. The molecule has 2 unspecified atom stereocenters. The third-order valence-electron chi connectivity index (χ3n) is 3.65. The van der Waals surface area contributed by atoms with E-state index in [0.29, 0.717) is 12.1 Å². The lowest BCUT2D eigenvalue weighted by Gasteiger charge is -2.40. The van der Waals surface area contributed by atoms with Crippen LogP contribution in [0.5, 0.6) is 0 Å². The van der Waals surface area contributed by atoms with Crippen LogP contribution in [0.4, 0.5) is 0 Å². The number of nitrogens with one attached hydrogen (secondary N) is 1. The molecule has 1 fully saturated rings. The molecule has 19 heavy (non-hydrogen) atoms. The summed E-state index contributed by atoms with van der Waals surface area (Å²) < 4.78 is 0. The highest BCUT2D eigenvalue weighted by Gasteiger charge is 2.27. The number of hydrogen-bond donors (Lipinski definition) is 1. The van der Waals surface area contributed by atoms with E-state index in [1.165, 1.54) is 23.6 Å². The van der Waals surface area contributed by atoms with Gasteiger partial charge in [-0.1, -0.05) is 36.4 Å². The van der Waals surface area contributed by atoms with Gasteiger partial charge in [-0.2, -0.15) is 11.8 Å². The summed E-state index contributed by atoms with van der Waals surface area (Å²) in [6.07, 6.45) is 1.92. The molecule has 1 aliphatic rings. The van der Waals surface area contributed by atoms with Gasteiger partial charge in [0.05, 0.1) is 0 Å². The first kappa shape index (κ1) is 14.6. The second-order valence-electron chi connectivity index (χ2n) is 5.04. The Labute approximate surface area is 121 Å². The molecule has 0 bridgehead atoms. The maximum absolute atomic E-state index is 3.75. The van der Waals surface area contributed by atoms with Crippen molar-refractivity contribution < 1.29 is 0 Å². The summed E-state index contributed by atoms with van der Waals surface area (Å²) in [5, 5.41) is 3.44. The fraction of sp³-hybridized carbons (Fsp3) is 0.500. The molecular weight excluding hydrogens is 252 g/mol. The molecule has 3 heteroatoms. The third kappa shape index (κ3) is 4.10. The number of thioether (sulfide) groups is 1. The predicted octanol–water partition coefficient (Wildman–Crippen LogP) is 2.94. The Morgan fingerprint density at radius 2 is 2.26 bits per heavy atom. The van der Waals surface area contributed by atoms with E-state index in [1.807, 2.05) is 6.08 Å². The summed E-state index contributed by atoms with van der Waals surface area (Å²) in [5.74, 6) is 2.45. The average molecular weight is 276 g/mol. The molecule has 2 nitrogen and oxygen atoms in total. The summed E-state index contributed by atoms with van der Waals surface area (Å²) in [6, 6.07) is 12.0. The van der Waals surface area contributed by atoms with Gasteiger partial charge in [0.2, 0.25) is 0 Å². The SMILES string of the molecule is C=CCNCC(C)N1CCSCC1c1ccccc1. The molecule has 1 aromatic rings. The van der Waals surface area contributed by atoms with Crippen molar-refractivity contribution in [2.24, 2.45) is 0 Å². The maximum atomic E-state index is 3.75. The largest absolute Gasteiger partial charge is 0.312 e. The summed E-state index contributed by atoms with van der Waals surface area (Å²) in [5.41, 5.74) is 1.45. The van der Waals surface area contributed by atoms with Crippen molar-refractivity contribution in [2.75, 3.05) is 31.1 Å². The number of rotatable bonds is 6. The van der Waals surface area contributed by atoms with Crippen LogP contribution in [0.1, 0.15) is 18.5 Å². The van der Waals surface area contributed by atoms with Crippen LogP contribution in [0.3, 0.4) is 0 Å². The fourth-order valence-electron chi connectivity index (χ4n) is 2.62. The zero-order valence-corrected chi connectivity index (χ0v) is 12.5. The Morgan fingerprint density at radius 1 is 1.47 bits per heavy atom. The van der Waals surface area contributed by atoms with Crippen LogP contribution in [-0.2, 0) is 0 Å². The second-order valence-corrected chi connectivity index (χ2v) is 6.18. The summed E-state index contributed by atoms with van der Waals surface area (Å²) in [6.45, 7) is 9.18. The van der Waals surface area contributed by atoms with Gasteiger partial charge in [-0.3, -0.25) is 4.90 Å². The van der Waals surface area contributed by atoms with E-state index in [9.17, 15) is 0 Å². The van der Waals surface area contributed by atoms with E-state index >= 15 is 0 Å². The molecule has 0 saturated carbocycles. The van der Waals surface area contributed by atoms with Crippen LogP contribution >= 0.6 is 11.8 Å². The van der Waals surface area contributed by atoms with Crippen molar-refractivity contribution in [3.63, 3.8) is 0 Å². The first-order chi connectivity index (χ1) is 9.33. The topological polar surface area (TPSA) is 15.3 Å². The summed E-state index contributed by atoms with van der Waals surface area (Å²) in [4.78, 5) is 2.64. The summed E-state index contributed by atoms with van der Waals surface area (Å²) in [7, 11) is 0. The van der Waals surface area contributed by atoms with Crippen molar-refractivity contribution in [1.82, 2.24) is 10.2 Å². The molecule has 0 radical (unpaired) electrons.